The molecule has 1 aliphatic rings. The van der Waals surface area contributed by atoms with Crippen molar-refractivity contribution in [3.05, 3.63) is 47.9 Å². The van der Waals surface area contributed by atoms with Gasteiger partial charge < -0.3 is 14.6 Å². The lowest BCUT2D eigenvalue weighted by Gasteiger charge is -2.52. The molecule has 2 aromatic rings. The van der Waals surface area contributed by atoms with Crippen LogP contribution in [0.3, 0.4) is 0 Å². The van der Waals surface area contributed by atoms with Crippen molar-refractivity contribution in [3.8, 4) is 5.75 Å². The van der Waals surface area contributed by atoms with Gasteiger partial charge in [-0.1, -0.05) is 44.1 Å². The predicted octanol–water partition coefficient (Wildman–Crippen LogP) is 3.82. The molecule has 0 radical (unpaired) electrons. The summed E-state index contributed by atoms with van der Waals surface area (Å²) in [6.07, 6.45) is 2.19. The van der Waals surface area contributed by atoms with Crippen molar-refractivity contribution < 1.29 is 9.26 Å². The first-order chi connectivity index (χ1) is 11.1. The second-order valence-corrected chi connectivity index (χ2v) is 6.95. The van der Waals surface area contributed by atoms with E-state index in [1.54, 1.807) is 0 Å². The van der Waals surface area contributed by atoms with Crippen molar-refractivity contribution in [3.63, 3.8) is 0 Å². The normalized spacial score (nSPS) is 22.6. The second-order valence-electron chi connectivity index (χ2n) is 6.95. The molecule has 1 N–H and O–H groups in total. The minimum absolute atomic E-state index is 0.315. The molecule has 1 saturated carbocycles. The summed E-state index contributed by atoms with van der Waals surface area (Å²) in [5.41, 5.74) is 1.35. The summed E-state index contributed by atoms with van der Waals surface area (Å²) in [5, 5.41) is 7.78. The standard InChI is InChI=1S/C19H26N2O2/c1-4-20-18-11-14(19(18,2)3)10-15-12-17(23-21-15)13-22-16-8-6-5-7-9-16/h5-9,12,14,18,20H,4,10-11,13H2,1-3H3. The maximum Gasteiger partial charge on any atom is 0.174 e. The minimum atomic E-state index is 0.315. The molecule has 1 heterocycles. The van der Waals surface area contributed by atoms with E-state index in [1.807, 2.05) is 36.4 Å². The Hall–Kier alpha value is -1.81. The number of aromatic nitrogens is 1. The lowest BCUT2D eigenvalue weighted by molar-refractivity contribution is 0.0146. The molecule has 4 heteroatoms. The first-order valence-electron chi connectivity index (χ1n) is 8.45. The molecule has 0 bridgehead atoms. The Morgan fingerprint density at radius 2 is 2.09 bits per heavy atom. The van der Waals surface area contributed by atoms with Gasteiger partial charge in [-0.3, -0.25) is 0 Å². The van der Waals surface area contributed by atoms with Gasteiger partial charge in [0.25, 0.3) is 0 Å². The Kier molecular flexibility index (Phi) is 4.71. The zero-order valence-corrected chi connectivity index (χ0v) is 14.2. The van der Waals surface area contributed by atoms with Crippen LogP contribution in [0.1, 0.15) is 38.6 Å². The van der Waals surface area contributed by atoms with Crippen LogP contribution in [0.2, 0.25) is 0 Å². The van der Waals surface area contributed by atoms with E-state index in [9.17, 15) is 0 Å². The van der Waals surface area contributed by atoms with Crippen LogP contribution in [0, 0.1) is 11.3 Å². The second kappa shape index (κ2) is 6.75. The average Bonchev–Trinajstić information content (AvgIpc) is 3.01. The molecule has 0 spiro atoms. The number of hydrogen-bond acceptors (Lipinski definition) is 4. The summed E-state index contributed by atoms with van der Waals surface area (Å²) in [7, 11) is 0. The van der Waals surface area contributed by atoms with Crippen molar-refractivity contribution in [2.45, 2.75) is 46.3 Å². The zero-order valence-electron chi connectivity index (χ0n) is 14.2. The van der Waals surface area contributed by atoms with Crippen LogP contribution in [0.5, 0.6) is 5.75 Å². The summed E-state index contributed by atoms with van der Waals surface area (Å²) >= 11 is 0. The Morgan fingerprint density at radius 1 is 1.30 bits per heavy atom. The number of nitrogens with zero attached hydrogens (tertiary/aromatic N) is 1. The van der Waals surface area contributed by atoms with E-state index in [4.69, 9.17) is 9.26 Å². The molecule has 0 amide bonds. The number of benzene rings is 1. The molecule has 3 rings (SSSR count). The van der Waals surface area contributed by atoms with E-state index in [0.29, 0.717) is 24.0 Å². The summed E-state index contributed by atoms with van der Waals surface area (Å²) in [6.45, 7) is 8.30. The molecule has 0 aliphatic heterocycles. The molecule has 124 valence electrons. The average molecular weight is 314 g/mol. The lowest BCUT2D eigenvalue weighted by atomic mass is 9.57. The van der Waals surface area contributed by atoms with Crippen LogP contribution < -0.4 is 10.1 Å². The fourth-order valence-electron chi connectivity index (χ4n) is 3.40. The monoisotopic (exact) mass is 314 g/mol. The van der Waals surface area contributed by atoms with Crippen molar-refractivity contribution in [2.75, 3.05) is 6.54 Å². The molecular formula is C19H26N2O2. The first-order valence-corrected chi connectivity index (χ1v) is 8.45. The molecule has 1 fully saturated rings. The van der Waals surface area contributed by atoms with Crippen molar-refractivity contribution in [2.24, 2.45) is 11.3 Å². The van der Waals surface area contributed by atoms with Gasteiger partial charge in [0, 0.05) is 12.1 Å². The lowest BCUT2D eigenvalue weighted by Crippen LogP contribution is -2.57. The fraction of sp³-hybridized carbons (Fsp3) is 0.526. The Morgan fingerprint density at radius 3 is 2.78 bits per heavy atom. The Balaban J connectivity index is 1.52. The van der Waals surface area contributed by atoms with E-state index in [0.717, 1.165) is 30.2 Å². The third-order valence-electron chi connectivity index (χ3n) is 5.11. The van der Waals surface area contributed by atoms with E-state index in [2.05, 4.69) is 31.2 Å². The molecule has 23 heavy (non-hydrogen) atoms. The van der Waals surface area contributed by atoms with Crippen LogP contribution in [0.25, 0.3) is 0 Å². The van der Waals surface area contributed by atoms with E-state index in [1.165, 1.54) is 6.42 Å². The van der Waals surface area contributed by atoms with Gasteiger partial charge >= 0.3 is 0 Å². The summed E-state index contributed by atoms with van der Waals surface area (Å²) in [4.78, 5) is 0. The number of para-hydroxylation sites is 1. The maximum atomic E-state index is 5.70. The zero-order chi connectivity index (χ0) is 16.3. The number of hydrogen-bond donors (Lipinski definition) is 1. The highest BCUT2D eigenvalue weighted by atomic mass is 16.5. The molecule has 4 nitrogen and oxygen atoms in total. The largest absolute Gasteiger partial charge is 0.486 e. The molecular weight excluding hydrogens is 288 g/mol. The number of ether oxygens (including phenoxy) is 1. The van der Waals surface area contributed by atoms with Gasteiger partial charge in [-0.25, -0.2) is 0 Å². The number of nitrogens with one attached hydrogen (secondary N) is 1. The molecule has 0 saturated heterocycles. The Bertz CT molecular complexity index is 621. The van der Waals surface area contributed by atoms with Gasteiger partial charge in [0.05, 0.1) is 5.69 Å². The highest BCUT2D eigenvalue weighted by Crippen LogP contribution is 2.47. The highest BCUT2D eigenvalue weighted by Gasteiger charge is 2.47. The molecule has 2 unspecified atom stereocenters. The molecule has 2 atom stereocenters. The predicted molar refractivity (Wildman–Crippen MR) is 90.3 cm³/mol. The minimum Gasteiger partial charge on any atom is -0.486 e. The fourth-order valence-corrected chi connectivity index (χ4v) is 3.40. The van der Waals surface area contributed by atoms with Crippen molar-refractivity contribution in [1.82, 2.24) is 10.5 Å². The highest BCUT2D eigenvalue weighted by molar-refractivity contribution is 5.21. The first kappa shape index (κ1) is 16.1. The van der Waals surface area contributed by atoms with E-state index < -0.39 is 0 Å². The van der Waals surface area contributed by atoms with Gasteiger partial charge in [0.2, 0.25) is 0 Å². The Labute approximate surface area is 138 Å². The molecule has 1 aromatic carbocycles. The van der Waals surface area contributed by atoms with Crippen LogP contribution in [0.15, 0.2) is 40.9 Å². The van der Waals surface area contributed by atoms with E-state index >= 15 is 0 Å². The van der Waals surface area contributed by atoms with Crippen LogP contribution >= 0.6 is 0 Å². The van der Waals surface area contributed by atoms with E-state index in [-0.39, 0.29) is 0 Å². The third kappa shape index (κ3) is 3.58. The smallest absolute Gasteiger partial charge is 0.174 e. The quantitative estimate of drug-likeness (QED) is 0.844. The summed E-state index contributed by atoms with van der Waals surface area (Å²) in [6, 6.07) is 12.4. The molecule has 1 aromatic heterocycles. The van der Waals surface area contributed by atoms with Gasteiger partial charge in [-0.05, 0) is 42.9 Å². The van der Waals surface area contributed by atoms with Gasteiger partial charge in [-0.15, -0.1) is 0 Å². The van der Waals surface area contributed by atoms with Gasteiger partial charge in [0.1, 0.15) is 12.4 Å². The van der Waals surface area contributed by atoms with Crippen LogP contribution in [-0.2, 0) is 13.0 Å². The summed E-state index contributed by atoms with van der Waals surface area (Å²) < 4.78 is 11.1. The summed E-state index contributed by atoms with van der Waals surface area (Å²) in [5.74, 6) is 2.28. The van der Waals surface area contributed by atoms with Crippen LogP contribution in [0.4, 0.5) is 0 Å². The third-order valence-corrected chi connectivity index (χ3v) is 5.11. The number of rotatable bonds is 7. The maximum absolute atomic E-state index is 5.70. The SMILES string of the molecule is CCNC1CC(Cc2cc(COc3ccccc3)on2)C1(C)C. The van der Waals surface area contributed by atoms with Gasteiger partial charge in [-0.2, -0.15) is 0 Å². The molecule has 1 aliphatic carbocycles. The van der Waals surface area contributed by atoms with Gasteiger partial charge in [0.15, 0.2) is 5.76 Å². The topological polar surface area (TPSA) is 47.3 Å². The van der Waals surface area contributed by atoms with Crippen molar-refractivity contribution in [1.29, 1.82) is 0 Å². The van der Waals surface area contributed by atoms with Crippen LogP contribution in [-0.4, -0.2) is 17.7 Å². The van der Waals surface area contributed by atoms with Crippen molar-refractivity contribution >= 4 is 0 Å².